The fourth-order valence-electron chi connectivity index (χ4n) is 4.10. The van der Waals surface area contributed by atoms with Crippen molar-refractivity contribution in [2.24, 2.45) is 5.92 Å². The zero-order chi connectivity index (χ0) is 22.6. The maximum Gasteiger partial charge on any atom is 0.213 e. The first-order chi connectivity index (χ1) is 15.7. The lowest BCUT2D eigenvalue weighted by atomic mass is 10.0. The number of unbranched alkanes of at least 4 members (excludes halogenated alkanes) is 5. The van der Waals surface area contributed by atoms with Crippen LogP contribution in [0.15, 0.2) is 42.6 Å². The summed E-state index contributed by atoms with van der Waals surface area (Å²) >= 11 is 0. The molecule has 4 nitrogen and oxygen atoms in total. The van der Waals surface area contributed by atoms with E-state index in [-0.39, 0.29) is 6.10 Å². The van der Waals surface area contributed by atoms with E-state index in [1.165, 1.54) is 44.9 Å². The molecule has 0 fully saturated rings. The molecule has 0 aliphatic heterocycles. The normalized spacial score (nSPS) is 12.6. The number of pyridine rings is 2. The summed E-state index contributed by atoms with van der Waals surface area (Å²) in [7, 11) is 0. The van der Waals surface area contributed by atoms with Crippen LogP contribution >= 0.6 is 0 Å². The molecule has 3 rings (SSSR count). The third-order valence-electron chi connectivity index (χ3n) is 6.00. The molecule has 4 heteroatoms. The van der Waals surface area contributed by atoms with Gasteiger partial charge in [-0.05, 0) is 43.0 Å². The highest BCUT2D eigenvalue weighted by molar-refractivity contribution is 6.04. The first-order valence-corrected chi connectivity index (χ1v) is 12.6. The summed E-state index contributed by atoms with van der Waals surface area (Å²) in [6.45, 7) is 8.22. The van der Waals surface area contributed by atoms with Crippen LogP contribution in [0.1, 0.15) is 78.6 Å². The van der Waals surface area contributed by atoms with E-state index >= 15 is 0 Å². The molecule has 0 aliphatic carbocycles. The van der Waals surface area contributed by atoms with Crippen molar-refractivity contribution in [1.29, 1.82) is 0 Å². The van der Waals surface area contributed by atoms with Crippen LogP contribution in [-0.4, -0.2) is 29.3 Å². The highest BCUT2D eigenvalue weighted by Gasteiger charge is 2.12. The van der Waals surface area contributed by atoms with Crippen LogP contribution < -0.4 is 4.74 Å². The molecule has 1 unspecified atom stereocenters. The minimum atomic E-state index is 0.131. The monoisotopic (exact) mass is 436 g/mol. The number of hydrogen-bond acceptors (Lipinski definition) is 4. The second kappa shape index (κ2) is 13.4. The van der Waals surface area contributed by atoms with Gasteiger partial charge in [0.25, 0.3) is 0 Å². The van der Waals surface area contributed by atoms with E-state index in [1.54, 1.807) is 0 Å². The molecular weight excluding hydrogens is 396 g/mol. The molecule has 0 aliphatic rings. The Balaban J connectivity index is 1.56. The lowest BCUT2D eigenvalue weighted by molar-refractivity contribution is 0.0108. The summed E-state index contributed by atoms with van der Waals surface area (Å²) in [4.78, 5) is 9.18. The Labute approximate surface area is 193 Å². The molecule has 3 aromatic rings. The summed E-state index contributed by atoms with van der Waals surface area (Å²) in [6, 6.07) is 12.2. The van der Waals surface area contributed by atoms with Crippen LogP contribution in [0, 0.1) is 5.92 Å². The van der Waals surface area contributed by atoms with Gasteiger partial charge in [0.1, 0.15) is 6.61 Å². The Kier molecular flexibility index (Phi) is 10.2. The van der Waals surface area contributed by atoms with Crippen molar-refractivity contribution in [3.8, 4) is 5.88 Å². The van der Waals surface area contributed by atoms with Crippen molar-refractivity contribution in [2.75, 3.05) is 13.2 Å². The van der Waals surface area contributed by atoms with Crippen molar-refractivity contribution in [3.63, 3.8) is 0 Å². The minimum absolute atomic E-state index is 0.131. The molecule has 0 saturated heterocycles. The number of nitrogens with zero attached hydrogens (tertiary/aromatic N) is 2. The molecule has 0 N–H and O–H groups in total. The van der Waals surface area contributed by atoms with E-state index in [1.807, 2.05) is 30.5 Å². The fourth-order valence-corrected chi connectivity index (χ4v) is 4.10. The van der Waals surface area contributed by atoms with E-state index in [0.717, 1.165) is 47.2 Å². The summed E-state index contributed by atoms with van der Waals surface area (Å²) in [5, 5.41) is 2.23. The average molecular weight is 437 g/mol. The van der Waals surface area contributed by atoms with Crippen LogP contribution in [-0.2, 0) is 4.74 Å². The molecule has 32 heavy (non-hydrogen) atoms. The lowest BCUT2D eigenvalue weighted by Gasteiger charge is -2.19. The Morgan fingerprint density at radius 3 is 2.44 bits per heavy atom. The maximum atomic E-state index is 6.24. The van der Waals surface area contributed by atoms with Crippen molar-refractivity contribution >= 4 is 21.8 Å². The summed E-state index contributed by atoms with van der Waals surface area (Å²) in [6.07, 6.45) is 13.0. The molecule has 0 saturated carbocycles. The van der Waals surface area contributed by atoms with Crippen LogP contribution in [0.4, 0.5) is 0 Å². The van der Waals surface area contributed by atoms with Crippen molar-refractivity contribution in [2.45, 2.75) is 84.7 Å². The zero-order valence-corrected chi connectivity index (χ0v) is 20.2. The number of hydrogen-bond donors (Lipinski definition) is 0. The second-order valence-electron chi connectivity index (χ2n) is 9.25. The molecule has 0 spiro atoms. The number of rotatable bonds is 15. The molecule has 2 aromatic heterocycles. The predicted octanol–water partition coefficient (Wildman–Crippen LogP) is 7.73. The number of ether oxygens (including phenoxy) is 2. The summed E-state index contributed by atoms with van der Waals surface area (Å²) in [5.41, 5.74) is 1.93. The first kappa shape index (κ1) is 24.4. The molecule has 1 aromatic carbocycles. The fraction of sp³-hybridized carbons (Fsp3) is 0.571. The van der Waals surface area contributed by atoms with Crippen LogP contribution in [0.2, 0.25) is 0 Å². The van der Waals surface area contributed by atoms with E-state index in [9.17, 15) is 0 Å². The third-order valence-corrected chi connectivity index (χ3v) is 6.00. The smallest absolute Gasteiger partial charge is 0.213 e. The van der Waals surface area contributed by atoms with Gasteiger partial charge in [-0.15, -0.1) is 0 Å². The molecule has 0 amide bonds. The van der Waals surface area contributed by atoms with E-state index in [0.29, 0.717) is 12.5 Å². The first-order valence-electron chi connectivity index (χ1n) is 12.6. The Morgan fingerprint density at radius 1 is 0.812 bits per heavy atom. The number of benzene rings is 1. The van der Waals surface area contributed by atoms with Gasteiger partial charge in [0, 0.05) is 29.6 Å². The lowest BCUT2D eigenvalue weighted by Crippen LogP contribution is -2.23. The van der Waals surface area contributed by atoms with Crippen molar-refractivity contribution < 1.29 is 9.47 Å². The summed E-state index contributed by atoms with van der Waals surface area (Å²) in [5.74, 6) is 1.43. The molecule has 1 atom stereocenters. The van der Waals surface area contributed by atoms with Gasteiger partial charge in [-0.3, -0.25) is 4.98 Å². The van der Waals surface area contributed by atoms with Gasteiger partial charge >= 0.3 is 0 Å². The topological polar surface area (TPSA) is 44.2 Å². The highest BCUT2D eigenvalue weighted by Crippen LogP contribution is 2.25. The molecule has 174 valence electrons. The van der Waals surface area contributed by atoms with Crippen molar-refractivity contribution in [3.05, 3.63) is 42.6 Å². The van der Waals surface area contributed by atoms with Gasteiger partial charge in [-0.25, -0.2) is 4.98 Å². The van der Waals surface area contributed by atoms with E-state index in [2.05, 4.69) is 37.9 Å². The van der Waals surface area contributed by atoms with Crippen LogP contribution in [0.5, 0.6) is 5.88 Å². The molecule has 0 bridgehead atoms. The molecule has 0 radical (unpaired) electrons. The van der Waals surface area contributed by atoms with Crippen LogP contribution in [0.25, 0.3) is 21.8 Å². The standard InChI is InChI=1S/C28H40N2O2/c1-4-5-6-7-10-20-31-23(13-9-8-12-22(2)3)21-32-28-18-15-25-24-14-11-19-29-26(24)16-17-27(25)30-28/h11,14-19,22-23H,4-10,12-13,20-21H2,1-3H3. The Morgan fingerprint density at radius 2 is 1.59 bits per heavy atom. The number of aromatic nitrogens is 2. The van der Waals surface area contributed by atoms with E-state index in [4.69, 9.17) is 14.5 Å². The van der Waals surface area contributed by atoms with Crippen molar-refractivity contribution in [1.82, 2.24) is 9.97 Å². The van der Waals surface area contributed by atoms with Gasteiger partial charge < -0.3 is 9.47 Å². The van der Waals surface area contributed by atoms with E-state index < -0.39 is 0 Å². The molecule has 2 heterocycles. The van der Waals surface area contributed by atoms with Gasteiger partial charge in [0.05, 0.1) is 17.1 Å². The highest BCUT2D eigenvalue weighted by atomic mass is 16.5. The quantitative estimate of drug-likeness (QED) is 0.180. The predicted molar refractivity (Wildman–Crippen MR) is 134 cm³/mol. The minimum Gasteiger partial charge on any atom is -0.475 e. The Bertz CT molecular complexity index is 941. The SMILES string of the molecule is CCCCCCCOC(CCCCC(C)C)COc1ccc2c(ccc3ncccc32)n1. The largest absolute Gasteiger partial charge is 0.475 e. The Hall–Kier alpha value is -2.20. The maximum absolute atomic E-state index is 6.24. The van der Waals surface area contributed by atoms with Gasteiger partial charge in [0.15, 0.2) is 0 Å². The van der Waals surface area contributed by atoms with Gasteiger partial charge in [0.2, 0.25) is 5.88 Å². The third kappa shape index (κ3) is 7.74. The van der Waals surface area contributed by atoms with Gasteiger partial charge in [-0.1, -0.05) is 71.8 Å². The average Bonchev–Trinajstić information content (AvgIpc) is 2.81. The summed E-state index contributed by atoms with van der Waals surface area (Å²) < 4.78 is 12.3. The molecular formula is C28H40N2O2. The van der Waals surface area contributed by atoms with Crippen LogP contribution in [0.3, 0.4) is 0 Å². The zero-order valence-electron chi connectivity index (χ0n) is 20.2. The second-order valence-corrected chi connectivity index (χ2v) is 9.25. The van der Waals surface area contributed by atoms with Gasteiger partial charge in [-0.2, -0.15) is 0 Å². The number of fused-ring (bicyclic) bond motifs is 3.